The van der Waals surface area contributed by atoms with Crippen LogP contribution in [0.1, 0.15) is 69.3 Å². The maximum Gasteiger partial charge on any atom is 0.116 e. The number of allylic oxidation sites excluding steroid dienone is 4. The van der Waals surface area contributed by atoms with E-state index >= 15 is 0 Å². The van der Waals surface area contributed by atoms with Gasteiger partial charge in [-0.1, -0.05) is 73.7 Å². The minimum absolute atomic E-state index is 0.343. The number of aromatic hydroxyl groups is 1. The summed E-state index contributed by atoms with van der Waals surface area (Å²) in [7, 11) is 0. The summed E-state index contributed by atoms with van der Waals surface area (Å²) < 4.78 is 0. The molecule has 1 nitrogen and oxygen atoms in total. The Labute approximate surface area is 190 Å². The number of phenolic OH excluding ortho intramolecular Hbond substituents is 1. The number of phenols is 1. The number of hydrogen-bond donors (Lipinski definition) is 1. The summed E-state index contributed by atoms with van der Waals surface area (Å²) in [4.78, 5) is 0. The second-order valence-corrected chi connectivity index (χ2v) is 9.29. The first-order chi connectivity index (χ1) is 15.7. The molecule has 1 unspecified atom stereocenters. The van der Waals surface area contributed by atoms with E-state index in [0.29, 0.717) is 11.7 Å². The molecule has 1 heteroatoms. The molecule has 32 heavy (non-hydrogen) atoms. The van der Waals surface area contributed by atoms with Crippen LogP contribution in [0.25, 0.3) is 17.7 Å². The van der Waals surface area contributed by atoms with Crippen molar-refractivity contribution in [1.82, 2.24) is 0 Å². The molecule has 0 bridgehead atoms. The van der Waals surface area contributed by atoms with Gasteiger partial charge in [0.1, 0.15) is 5.75 Å². The highest BCUT2D eigenvalue weighted by atomic mass is 16.3. The van der Waals surface area contributed by atoms with Crippen LogP contribution in [-0.4, -0.2) is 5.11 Å². The van der Waals surface area contributed by atoms with Crippen molar-refractivity contribution in [2.24, 2.45) is 0 Å². The molecule has 3 aromatic rings. The molecule has 158 valence electrons. The van der Waals surface area contributed by atoms with E-state index in [-0.39, 0.29) is 0 Å². The lowest BCUT2D eigenvalue weighted by Crippen LogP contribution is -2.03. The Morgan fingerprint density at radius 3 is 2.69 bits per heavy atom. The molecule has 0 aromatic heterocycles. The van der Waals surface area contributed by atoms with Gasteiger partial charge >= 0.3 is 0 Å². The van der Waals surface area contributed by atoms with E-state index in [9.17, 15) is 5.11 Å². The maximum absolute atomic E-state index is 9.94. The Balaban J connectivity index is 1.31. The predicted octanol–water partition coefficient (Wildman–Crippen LogP) is 7.25. The van der Waals surface area contributed by atoms with Crippen molar-refractivity contribution in [2.45, 2.75) is 44.9 Å². The zero-order valence-electron chi connectivity index (χ0n) is 18.6. The zero-order valence-corrected chi connectivity index (χ0v) is 18.6. The zero-order chi connectivity index (χ0) is 21.7. The van der Waals surface area contributed by atoms with Crippen LogP contribution >= 0.6 is 0 Å². The maximum atomic E-state index is 9.94. The van der Waals surface area contributed by atoms with Gasteiger partial charge in [0, 0.05) is 5.92 Å². The minimum Gasteiger partial charge on any atom is -0.508 e. The molecule has 0 saturated carbocycles. The van der Waals surface area contributed by atoms with Crippen molar-refractivity contribution in [2.75, 3.05) is 0 Å². The van der Waals surface area contributed by atoms with Crippen molar-refractivity contribution in [3.63, 3.8) is 0 Å². The van der Waals surface area contributed by atoms with Crippen molar-refractivity contribution < 1.29 is 5.11 Å². The topological polar surface area (TPSA) is 20.2 Å². The van der Waals surface area contributed by atoms with Crippen LogP contribution in [0.3, 0.4) is 0 Å². The molecule has 1 N–H and O–H groups in total. The van der Waals surface area contributed by atoms with E-state index in [1.165, 1.54) is 55.6 Å². The van der Waals surface area contributed by atoms with Gasteiger partial charge in [0.25, 0.3) is 0 Å². The summed E-state index contributed by atoms with van der Waals surface area (Å²) >= 11 is 0. The lowest BCUT2D eigenvalue weighted by molar-refractivity contribution is 0.475. The summed E-state index contributed by atoms with van der Waals surface area (Å²) in [5.74, 6) is 0.705. The number of fused-ring (bicyclic) bond motifs is 3. The molecule has 3 aromatic carbocycles. The smallest absolute Gasteiger partial charge is 0.116 e. The number of rotatable bonds is 5. The van der Waals surface area contributed by atoms with Crippen LogP contribution in [0.4, 0.5) is 0 Å². The van der Waals surface area contributed by atoms with E-state index in [0.717, 1.165) is 32.1 Å². The van der Waals surface area contributed by atoms with Crippen LogP contribution in [0.2, 0.25) is 0 Å². The Kier molecular flexibility index (Phi) is 4.64. The summed E-state index contributed by atoms with van der Waals surface area (Å²) in [6, 6.07) is 17.6. The number of benzene rings is 3. The van der Waals surface area contributed by atoms with E-state index in [4.69, 9.17) is 0 Å². The lowest BCUT2D eigenvalue weighted by atomic mass is 9.85. The third kappa shape index (κ3) is 3.24. The molecule has 0 fully saturated rings. The van der Waals surface area contributed by atoms with Gasteiger partial charge in [-0.05, 0) is 99.9 Å². The van der Waals surface area contributed by atoms with Gasteiger partial charge in [-0.2, -0.15) is 0 Å². The second-order valence-electron chi connectivity index (χ2n) is 9.29. The first-order valence-corrected chi connectivity index (χ1v) is 11.8. The van der Waals surface area contributed by atoms with Crippen molar-refractivity contribution >= 4 is 17.7 Å². The largest absolute Gasteiger partial charge is 0.508 e. The first kappa shape index (κ1) is 19.4. The van der Waals surface area contributed by atoms with Crippen molar-refractivity contribution in [1.29, 1.82) is 0 Å². The number of aryl methyl sites for hydroxylation is 2. The fourth-order valence-corrected chi connectivity index (χ4v) is 5.63. The van der Waals surface area contributed by atoms with E-state index in [2.05, 4.69) is 73.7 Å². The minimum atomic E-state index is 0.343. The van der Waals surface area contributed by atoms with Gasteiger partial charge in [0.2, 0.25) is 0 Å². The monoisotopic (exact) mass is 416 g/mol. The molecule has 6 rings (SSSR count). The quantitative estimate of drug-likeness (QED) is 0.464. The van der Waals surface area contributed by atoms with Gasteiger partial charge in [-0.3, -0.25) is 0 Å². The lowest BCUT2D eigenvalue weighted by Gasteiger charge is -2.18. The van der Waals surface area contributed by atoms with Gasteiger partial charge in [-0.15, -0.1) is 0 Å². The SMILES string of the molecule is CCc1ccc2c(c1)C=CC2c1cc(CCC2=CCc3ccc(O)cc32)cc2c1C=CC2. The fraction of sp³-hybridized carbons (Fsp3) is 0.226. The Morgan fingerprint density at radius 2 is 1.78 bits per heavy atom. The van der Waals surface area contributed by atoms with Crippen molar-refractivity contribution in [3.05, 3.63) is 117 Å². The molecule has 0 radical (unpaired) electrons. The summed E-state index contributed by atoms with van der Waals surface area (Å²) in [6.07, 6.45) is 16.8. The van der Waals surface area contributed by atoms with Crippen LogP contribution < -0.4 is 0 Å². The van der Waals surface area contributed by atoms with E-state index < -0.39 is 0 Å². The predicted molar refractivity (Wildman–Crippen MR) is 134 cm³/mol. The van der Waals surface area contributed by atoms with Crippen molar-refractivity contribution in [3.8, 4) is 5.75 Å². The second kappa shape index (κ2) is 7.67. The molecule has 0 spiro atoms. The first-order valence-electron chi connectivity index (χ1n) is 11.8. The van der Waals surface area contributed by atoms with Gasteiger partial charge in [0.05, 0.1) is 0 Å². The Morgan fingerprint density at radius 1 is 0.844 bits per heavy atom. The third-order valence-electron chi connectivity index (χ3n) is 7.37. The average molecular weight is 417 g/mol. The summed E-state index contributed by atoms with van der Waals surface area (Å²) in [5.41, 5.74) is 13.9. The summed E-state index contributed by atoms with van der Waals surface area (Å²) in [6.45, 7) is 2.22. The van der Waals surface area contributed by atoms with Gasteiger partial charge < -0.3 is 5.11 Å². The molecular weight excluding hydrogens is 388 g/mol. The molecule has 1 atom stereocenters. The van der Waals surface area contributed by atoms with Gasteiger partial charge in [-0.25, -0.2) is 0 Å². The average Bonchev–Trinajstić information content (AvgIpc) is 3.54. The normalized spacial score (nSPS) is 17.4. The molecule has 3 aliphatic rings. The van der Waals surface area contributed by atoms with Crippen LogP contribution in [0.5, 0.6) is 5.75 Å². The van der Waals surface area contributed by atoms with Gasteiger partial charge in [0.15, 0.2) is 0 Å². The molecule has 0 heterocycles. The fourth-order valence-electron chi connectivity index (χ4n) is 5.63. The highest BCUT2D eigenvalue weighted by Gasteiger charge is 2.24. The molecule has 0 saturated heterocycles. The molecule has 3 aliphatic carbocycles. The van der Waals surface area contributed by atoms with Crippen LogP contribution in [0, 0.1) is 0 Å². The number of hydrogen-bond acceptors (Lipinski definition) is 1. The summed E-state index contributed by atoms with van der Waals surface area (Å²) in [5, 5.41) is 9.94. The van der Waals surface area contributed by atoms with E-state index in [1.807, 2.05) is 6.07 Å². The van der Waals surface area contributed by atoms with Crippen LogP contribution in [0.15, 0.2) is 66.8 Å². The van der Waals surface area contributed by atoms with Crippen LogP contribution in [-0.2, 0) is 25.7 Å². The highest BCUT2D eigenvalue weighted by Crippen LogP contribution is 2.41. The third-order valence-corrected chi connectivity index (χ3v) is 7.37. The molecule has 0 aliphatic heterocycles. The Bertz CT molecular complexity index is 1320. The Hall–Kier alpha value is -3.32. The standard InChI is InChI=1S/C31H28O/c1-2-20-7-14-28-25(16-20)12-15-29(28)31-18-21(17-24-4-3-5-27(24)31)6-8-22-9-10-23-11-13-26(32)19-30(22)23/h3,5,7,9,11-19,29,32H,2,4,6,8,10H2,1H3. The molecular formula is C31H28O. The highest BCUT2D eigenvalue weighted by molar-refractivity contribution is 5.75. The van der Waals surface area contributed by atoms with E-state index in [1.54, 1.807) is 6.07 Å². The molecule has 0 amide bonds.